The van der Waals surface area contributed by atoms with Crippen molar-refractivity contribution in [2.45, 2.75) is 20.3 Å². The Kier molecular flexibility index (Phi) is 2.55. The lowest BCUT2D eigenvalue weighted by Gasteiger charge is -2.14. The van der Waals surface area contributed by atoms with Crippen molar-refractivity contribution in [3.8, 4) is 6.07 Å². The van der Waals surface area contributed by atoms with E-state index in [1.165, 1.54) is 4.57 Å². The highest BCUT2D eigenvalue weighted by Gasteiger charge is 2.18. The van der Waals surface area contributed by atoms with Gasteiger partial charge in [-0.2, -0.15) is 5.26 Å². The number of nitriles is 1. The molecule has 4 heteroatoms. The molecule has 0 aliphatic rings. The number of rotatable bonds is 2. The van der Waals surface area contributed by atoms with Gasteiger partial charge in [0, 0.05) is 7.05 Å². The number of oxazole rings is 1. The summed E-state index contributed by atoms with van der Waals surface area (Å²) in [5.74, 6) is -0.364. The topological polar surface area (TPSA) is 58.9 Å². The summed E-state index contributed by atoms with van der Waals surface area (Å²) in [7, 11) is 1.67. The van der Waals surface area contributed by atoms with Gasteiger partial charge >= 0.3 is 5.76 Å². The molecule has 0 amide bonds. The van der Waals surface area contributed by atoms with E-state index < -0.39 is 5.41 Å². The number of benzene rings is 1. The molecule has 0 saturated carbocycles. The van der Waals surface area contributed by atoms with Crippen molar-refractivity contribution < 1.29 is 4.42 Å². The third-order valence-electron chi connectivity index (χ3n) is 2.80. The Morgan fingerprint density at radius 2 is 2.18 bits per heavy atom. The van der Waals surface area contributed by atoms with Gasteiger partial charge in [-0.25, -0.2) is 4.79 Å². The van der Waals surface area contributed by atoms with Gasteiger partial charge in [0.1, 0.15) is 0 Å². The van der Waals surface area contributed by atoms with Crippen LogP contribution in [-0.4, -0.2) is 4.57 Å². The number of hydrogen-bond donors (Lipinski definition) is 0. The van der Waals surface area contributed by atoms with Crippen molar-refractivity contribution in [1.29, 1.82) is 5.26 Å². The SMILES string of the molecule is Cn1c(=O)oc2ccc(CC(C)(C)C#N)cc21. The Morgan fingerprint density at radius 1 is 1.47 bits per heavy atom. The van der Waals surface area contributed by atoms with Crippen LogP contribution in [0.25, 0.3) is 11.1 Å². The molecule has 0 aliphatic heterocycles. The lowest BCUT2D eigenvalue weighted by Crippen LogP contribution is -2.12. The second-order valence-corrected chi connectivity index (χ2v) is 4.90. The zero-order chi connectivity index (χ0) is 12.6. The summed E-state index contributed by atoms with van der Waals surface area (Å²) in [6.07, 6.45) is 0.652. The predicted molar refractivity (Wildman–Crippen MR) is 64.6 cm³/mol. The van der Waals surface area contributed by atoms with Crippen LogP contribution in [-0.2, 0) is 13.5 Å². The second kappa shape index (κ2) is 3.77. The molecule has 0 unspecified atom stereocenters. The summed E-state index contributed by atoms with van der Waals surface area (Å²) >= 11 is 0. The molecule has 0 fully saturated rings. The van der Waals surface area contributed by atoms with E-state index in [0.29, 0.717) is 12.0 Å². The minimum absolute atomic E-state index is 0.364. The van der Waals surface area contributed by atoms with Gasteiger partial charge in [0.15, 0.2) is 5.58 Å². The monoisotopic (exact) mass is 230 g/mol. The molecule has 17 heavy (non-hydrogen) atoms. The molecular formula is C13H14N2O2. The van der Waals surface area contributed by atoms with Crippen LogP contribution in [0.2, 0.25) is 0 Å². The molecule has 0 aliphatic carbocycles. The van der Waals surface area contributed by atoms with Crippen molar-refractivity contribution in [1.82, 2.24) is 4.57 Å². The zero-order valence-electron chi connectivity index (χ0n) is 10.2. The van der Waals surface area contributed by atoms with E-state index in [0.717, 1.165) is 11.1 Å². The molecular weight excluding hydrogens is 216 g/mol. The first-order chi connectivity index (χ1) is 7.93. The number of aromatic nitrogens is 1. The average Bonchev–Trinajstić information content (AvgIpc) is 2.55. The first-order valence-electron chi connectivity index (χ1n) is 5.43. The molecule has 2 rings (SSSR count). The number of hydrogen-bond acceptors (Lipinski definition) is 3. The number of aryl methyl sites for hydroxylation is 1. The van der Waals surface area contributed by atoms with Gasteiger partial charge in [-0.1, -0.05) is 6.07 Å². The lowest BCUT2D eigenvalue weighted by atomic mass is 9.87. The highest BCUT2D eigenvalue weighted by molar-refractivity contribution is 5.73. The smallest absolute Gasteiger partial charge is 0.408 e. The molecule has 0 radical (unpaired) electrons. The molecule has 1 aromatic carbocycles. The molecule has 1 heterocycles. The van der Waals surface area contributed by atoms with E-state index in [1.807, 2.05) is 26.0 Å². The fourth-order valence-corrected chi connectivity index (χ4v) is 1.83. The predicted octanol–water partition coefficient (Wildman–Crippen LogP) is 2.22. The van der Waals surface area contributed by atoms with Gasteiger partial charge in [0.05, 0.1) is 17.0 Å². The van der Waals surface area contributed by atoms with Crippen LogP contribution in [0.1, 0.15) is 19.4 Å². The summed E-state index contributed by atoms with van der Waals surface area (Å²) in [5, 5.41) is 9.00. The van der Waals surface area contributed by atoms with Gasteiger partial charge in [-0.3, -0.25) is 4.57 Å². The molecule has 0 spiro atoms. The van der Waals surface area contributed by atoms with E-state index in [2.05, 4.69) is 6.07 Å². The fraction of sp³-hybridized carbons (Fsp3) is 0.385. The van der Waals surface area contributed by atoms with Crippen molar-refractivity contribution in [2.24, 2.45) is 12.5 Å². The van der Waals surface area contributed by atoms with Crippen LogP contribution in [0.3, 0.4) is 0 Å². The van der Waals surface area contributed by atoms with Crippen molar-refractivity contribution in [3.05, 3.63) is 34.3 Å². The fourth-order valence-electron chi connectivity index (χ4n) is 1.83. The normalized spacial score (nSPS) is 11.6. The van der Waals surface area contributed by atoms with Crippen LogP contribution in [0.15, 0.2) is 27.4 Å². The quantitative estimate of drug-likeness (QED) is 0.794. The Balaban J connectivity index is 2.49. The second-order valence-electron chi connectivity index (χ2n) is 4.90. The van der Waals surface area contributed by atoms with E-state index in [4.69, 9.17) is 9.68 Å². The van der Waals surface area contributed by atoms with E-state index >= 15 is 0 Å². The molecule has 2 aromatic rings. The largest absolute Gasteiger partial charge is 0.419 e. The summed E-state index contributed by atoms with van der Waals surface area (Å²) < 4.78 is 6.52. The molecule has 4 nitrogen and oxygen atoms in total. The summed E-state index contributed by atoms with van der Waals surface area (Å²) in [4.78, 5) is 11.3. The average molecular weight is 230 g/mol. The van der Waals surface area contributed by atoms with Crippen molar-refractivity contribution in [2.75, 3.05) is 0 Å². The first kappa shape index (κ1) is 11.5. The van der Waals surface area contributed by atoms with Crippen LogP contribution < -0.4 is 5.76 Å². The molecule has 0 saturated heterocycles. The Morgan fingerprint density at radius 3 is 2.82 bits per heavy atom. The van der Waals surface area contributed by atoms with Gasteiger partial charge < -0.3 is 4.42 Å². The van der Waals surface area contributed by atoms with Gasteiger partial charge in [0.25, 0.3) is 0 Å². The van der Waals surface area contributed by atoms with E-state index in [1.54, 1.807) is 13.1 Å². The molecule has 0 N–H and O–H groups in total. The lowest BCUT2D eigenvalue weighted by molar-refractivity contribution is 0.493. The van der Waals surface area contributed by atoms with Gasteiger partial charge in [-0.15, -0.1) is 0 Å². The van der Waals surface area contributed by atoms with Crippen LogP contribution in [0.5, 0.6) is 0 Å². The Labute approximate surface area is 99.1 Å². The molecule has 0 bridgehead atoms. The van der Waals surface area contributed by atoms with E-state index in [9.17, 15) is 4.79 Å². The maximum Gasteiger partial charge on any atom is 0.419 e. The summed E-state index contributed by atoms with van der Waals surface area (Å²) in [6.45, 7) is 3.79. The van der Waals surface area contributed by atoms with Gasteiger partial charge in [0.2, 0.25) is 0 Å². The highest BCUT2D eigenvalue weighted by Crippen LogP contribution is 2.23. The summed E-state index contributed by atoms with van der Waals surface area (Å²) in [5.41, 5.74) is 1.97. The van der Waals surface area contributed by atoms with Crippen LogP contribution in [0.4, 0.5) is 0 Å². The van der Waals surface area contributed by atoms with Gasteiger partial charge in [-0.05, 0) is 38.0 Å². The molecule has 0 atom stereocenters. The van der Waals surface area contributed by atoms with Crippen LogP contribution >= 0.6 is 0 Å². The third kappa shape index (κ3) is 2.09. The van der Waals surface area contributed by atoms with Crippen LogP contribution in [0, 0.1) is 16.7 Å². The standard InChI is InChI=1S/C13H14N2O2/c1-13(2,8-14)7-9-4-5-11-10(6-9)15(3)12(16)17-11/h4-6H,7H2,1-3H3. The maximum atomic E-state index is 11.3. The third-order valence-corrected chi connectivity index (χ3v) is 2.80. The molecule has 1 aromatic heterocycles. The Hall–Kier alpha value is -2.02. The maximum absolute atomic E-state index is 11.3. The minimum Gasteiger partial charge on any atom is -0.408 e. The zero-order valence-corrected chi connectivity index (χ0v) is 10.2. The molecule has 88 valence electrons. The minimum atomic E-state index is -0.406. The Bertz CT molecular complexity index is 656. The first-order valence-corrected chi connectivity index (χ1v) is 5.43. The van der Waals surface area contributed by atoms with Crippen molar-refractivity contribution in [3.63, 3.8) is 0 Å². The van der Waals surface area contributed by atoms with Crippen molar-refractivity contribution >= 4 is 11.1 Å². The number of fused-ring (bicyclic) bond motifs is 1. The number of nitrogens with zero attached hydrogens (tertiary/aromatic N) is 2. The highest BCUT2D eigenvalue weighted by atomic mass is 16.4. The summed E-state index contributed by atoms with van der Waals surface area (Å²) in [6, 6.07) is 7.84. The van der Waals surface area contributed by atoms with E-state index in [-0.39, 0.29) is 5.76 Å².